The number of aromatic nitrogens is 2. The van der Waals surface area contributed by atoms with Gasteiger partial charge in [0.1, 0.15) is 5.01 Å². The van der Waals surface area contributed by atoms with Gasteiger partial charge in [-0.2, -0.15) is 0 Å². The Morgan fingerprint density at radius 1 is 1.36 bits per heavy atom. The van der Waals surface area contributed by atoms with Gasteiger partial charge in [0.15, 0.2) is 0 Å². The van der Waals surface area contributed by atoms with Crippen LogP contribution >= 0.6 is 22.9 Å². The van der Waals surface area contributed by atoms with Gasteiger partial charge < -0.3 is 5.32 Å². The molecule has 2 aromatic rings. The Labute approximate surface area is 138 Å². The predicted octanol–water partition coefficient (Wildman–Crippen LogP) is 4.03. The number of carbonyl (C=O) groups excluding carboxylic acids is 1. The zero-order valence-corrected chi connectivity index (χ0v) is 13.7. The lowest BCUT2D eigenvalue weighted by Crippen LogP contribution is -2.33. The van der Waals surface area contributed by atoms with Crippen LogP contribution in [0.2, 0.25) is 5.02 Å². The molecule has 1 unspecified atom stereocenters. The van der Waals surface area contributed by atoms with E-state index in [9.17, 15) is 4.79 Å². The van der Waals surface area contributed by atoms with E-state index in [1.54, 1.807) is 0 Å². The van der Waals surface area contributed by atoms with E-state index >= 15 is 0 Å². The first-order valence-corrected chi connectivity index (χ1v) is 8.50. The summed E-state index contributed by atoms with van der Waals surface area (Å²) >= 11 is 7.33. The number of rotatable bonds is 5. The standard InChI is InChI=1S/C15H17ClN4OS/c1-2-12-19-20-15(22-12)18-14(21)17-13(9-3-4-9)10-5-7-11(16)8-6-10/h5-9,13H,2-4H2,1H3,(H2,17,18,20,21). The highest BCUT2D eigenvalue weighted by Crippen LogP contribution is 2.41. The third-order valence-corrected chi connectivity index (χ3v) is 4.83. The van der Waals surface area contributed by atoms with Crippen LogP contribution < -0.4 is 10.6 Å². The predicted molar refractivity (Wildman–Crippen MR) is 88.4 cm³/mol. The first-order chi connectivity index (χ1) is 10.7. The zero-order valence-electron chi connectivity index (χ0n) is 12.2. The Kier molecular flexibility index (Phi) is 4.59. The molecule has 1 aliphatic rings. The van der Waals surface area contributed by atoms with Gasteiger partial charge >= 0.3 is 6.03 Å². The van der Waals surface area contributed by atoms with Gasteiger partial charge in [0, 0.05) is 5.02 Å². The van der Waals surface area contributed by atoms with Gasteiger partial charge in [-0.05, 0) is 42.9 Å². The summed E-state index contributed by atoms with van der Waals surface area (Å²) in [4.78, 5) is 12.2. The van der Waals surface area contributed by atoms with Gasteiger partial charge in [0.05, 0.1) is 6.04 Å². The lowest BCUT2D eigenvalue weighted by Gasteiger charge is -2.18. The lowest BCUT2D eigenvalue weighted by molar-refractivity contribution is 0.247. The number of anilines is 1. The van der Waals surface area contributed by atoms with E-state index in [2.05, 4.69) is 20.8 Å². The van der Waals surface area contributed by atoms with E-state index in [0.717, 1.165) is 29.8 Å². The van der Waals surface area contributed by atoms with Crippen molar-refractivity contribution in [2.45, 2.75) is 32.2 Å². The van der Waals surface area contributed by atoms with Crippen molar-refractivity contribution in [3.05, 3.63) is 39.9 Å². The second-order valence-corrected chi connectivity index (χ2v) is 6.82. The van der Waals surface area contributed by atoms with Crippen molar-refractivity contribution < 1.29 is 4.79 Å². The summed E-state index contributed by atoms with van der Waals surface area (Å²) in [5, 5.41) is 15.9. The summed E-state index contributed by atoms with van der Waals surface area (Å²) in [6.07, 6.45) is 3.08. The van der Waals surface area contributed by atoms with Crippen LogP contribution in [0.25, 0.3) is 0 Å². The van der Waals surface area contributed by atoms with Crippen LogP contribution in [0.3, 0.4) is 0 Å². The molecule has 116 valence electrons. The molecule has 0 radical (unpaired) electrons. The quantitative estimate of drug-likeness (QED) is 0.866. The van der Waals surface area contributed by atoms with Gasteiger partial charge in [-0.1, -0.05) is 42.0 Å². The van der Waals surface area contributed by atoms with Crippen molar-refractivity contribution in [3.8, 4) is 0 Å². The summed E-state index contributed by atoms with van der Waals surface area (Å²) in [5.41, 5.74) is 1.08. The first kappa shape index (κ1) is 15.2. The number of hydrogen-bond donors (Lipinski definition) is 2. The maximum absolute atomic E-state index is 12.2. The number of nitrogens with zero attached hydrogens (tertiary/aromatic N) is 2. The molecule has 0 aliphatic heterocycles. The number of urea groups is 1. The molecular formula is C15H17ClN4OS. The second kappa shape index (κ2) is 6.62. The summed E-state index contributed by atoms with van der Waals surface area (Å²) in [7, 11) is 0. The lowest BCUT2D eigenvalue weighted by atomic mass is 10.0. The minimum atomic E-state index is -0.245. The number of amides is 2. The number of hydrogen-bond acceptors (Lipinski definition) is 4. The highest BCUT2D eigenvalue weighted by atomic mass is 35.5. The maximum Gasteiger partial charge on any atom is 0.321 e. The summed E-state index contributed by atoms with van der Waals surface area (Å²) in [6.45, 7) is 2.01. The van der Waals surface area contributed by atoms with Gasteiger partial charge in [-0.15, -0.1) is 10.2 Å². The fourth-order valence-corrected chi connectivity index (χ4v) is 3.09. The average Bonchev–Trinajstić information content (AvgIpc) is 3.26. The van der Waals surface area contributed by atoms with E-state index in [1.165, 1.54) is 11.3 Å². The Balaban J connectivity index is 1.65. The fraction of sp³-hybridized carbons (Fsp3) is 0.400. The van der Waals surface area contributed by atoms with E-state index < -0.39 is 0 Å². The number of nitrogens with one attached hydrogen (secondary N) is 2. The molecule has 3 rings (SSSR count). The first-order valence-electron chi connectivity index (χ1n) is 7.31. The maximum atomic E-state index is 12.2. The molecule has 1 heterocycles. The van der Waals surface area contributed by atoms with E-state index in [-0.39, 0.29) is 12.1 Å². The molecule has 1 saturated carbocycles. The Bertz CT molecular complexity index is 654. The van der Waals surface area contributed by atoms with Crippen LogP contribution in [-0.4, -0.2) is 16.2 Å². The van der Waals surface area contributed by atoms with Crippen LogP contribution in [-0.2, 0) is 6.42 Å². The third-order valence-electron chi connectivity index (χ3n) is 3.60. The minimum Gasteiger partial charge on any atom is -0.331 e. The highest BCUT2D eigenvalue weighted by molar-refractivity contribution is 7.15. The summed E-state index contributed by atoms with van der Waals surface area (Å²) in [6, 6.07) is 7.40. The monoisotopic (exact) mass is 336 g/mol. The largest absolute Gasteiger partial charge is 0.331 e. The van der Waals surface area contributed by atoms with Crippen LogP contribution in [0.4, 0.5) is 9.93 Å². The summed E-state index contributed by atoms with van der Waals surface area (Å²) < 4.78 is 0. The van der Waals surface area contributed by atoms with Crippen molar-refractivity contribution in [2.75, 3.05) is 5.32 Å². The number of aryl methyl sites for hydroxylation is 1. The SMILES string of the molecule is CCc1nnc(NC(=O)NC(c2ccc(Cl)cc2)C2CC2)s1. The summed E-state index contributed by atoms with van der Waals surface area (Å²) in [5.74, 6) is 0.493. The van der Waals surface area contributed by atoms with Crippen LogP contribution in [0.1, 0.15) is 36.4 Å². The van der Waals surface area contributed by atoms with Crippen LogP contribution in [0.15, 0.2) is 24.3 Å². The van der Waals surface area contributed by atoms with Crippen LogP contribution in [0, 0.1) is 5.92 Å². The number of carbonyl (C=O) groups is 1. The molecule has 2 amide bonds. The molecule has 5 nitrogen and oxygen atoms in total. The molecule has 1 aliphatic carbocycles. The normalized spacial score (nSPS) is 15.4. The van der Waals surface area contributed by atoms with Gasteiger partial charge in [-0.3, -0.25) is 5.32 Å². The molecule has 0 saturated heterocycles. The van der Waals surface area contributed by atoms with Crippen molar-refractivity contribution >= 4 is 34.1 Å². The van der Waals surface area contributed by atoms with E-state index in [1.807, 2.05) is 31.2 Å². The molecule has 0 bridgehead atoms. The molecule has 1 fully saturated rings. The molecule has 22 heavy (non-hydrogen) atoms. The van der Waals surface area contributed by atoms with Crippen molar-refractivity contribution in [1.29, 1.82) is 0 Å². The molecule has 1 aromatic carbocycles. The second-order valence-electron chi connectivity index (χ2n) is 5.32. The molecule has 0 spiro atoms. The van der Waals surface area contributed by atoms with E-state index in [0.29, 0.717) is 16.1 Å². The molecule has 1 atom stereocenters. The number of benzene rings is 1. The Hall–Kier alpha value is -1.66. The van der Waals surface area contributed by atoms with Gasteiger partial charge in [0.2, 0.25) is 5.13 Å². The van der Waals surface area contributed by atoms with Crippen molar-refractivity contribution in [3.63, 3.8) is 0 Å². The Morgan fingerprint density at radius 2 is 2.09 bits per heavy atom. The van der Waals surface area contributed by atoms with Crippen molar-refractivity contribution in [1.82, 2.24) is 15.5 Å². The van der Waals surface area contributed by atoms with Crippen molar-refractivity contribution in [2.24, 2.45) is 5.92 Å². The van der Waals surface area contributed by atoms with Crippen LogP contribution in [0.5, 0.6) is 0 Å². The number of halogens is 1. The van der Waals surface area contributed by atoms with E-state index in [4.69, 9.17) is 11.6 Å². The zero-order chi connectivity index (χ0) is 15.5. The topological polar surface area (TPSA) is 66.9 Å². The molecule has 1 aromatic heterocycles. The molecule has 7 heteroatoms. The smallest absolute Gasteiger partial charge is 0.321 e. The van der Waals surface area contributed by atoms with Gasteiger partial charge in [-0.25, -0.2) is 4.79 Å². The highest BCUT2D eigenvalue weighted by Gasteiger charge is 2.33. The van der Waals surface area contributed by atoms with Gasteiger partial charge in [0.25, 0.3) is 0 Å². The Morgan fingerprint density at radius 3 is 2.68 bits per heavy atom. The third kappa shape index (κ3) is 3.75. The molecule has 2 N–H and O–H groups in total. The minimum absolute atomic E-state index is 0.0100. The molecular weight excluding hydrogens is 320 g/mol. The fourth-order valence-electron chi connectivity index (χ4n) is 2.29. The average molecular weight is 337 g/mol.